The summed E-state index contributed by atoms with van der Waals surface area (Å²) in [5.74, 6) is 1.13. The second kappa shape index (κ2) is 6.68. The second-order valence-corrected chi connectivity index (χ2v) is 7.41. The van der Waals surface area contributed by atoms with Crippen molar-refractivity contribution >= 4 is 16.9 Å². The largest absolute Gasteiger partial charge is 0.342 e. The van der Waals surface area contributed by atoms with Gasteiger partial charge in [-0.05, 0) is 50.5 Å². The average molecular weight is 364 g/mol. The summed E-state index contributed by atoms with van der Waals surface area (Å²) in [6, 6.07) is 9.61. The van der Waals surface area contributed by atoms with Crippen molar-refractivity contribution in [1.29, 1.82) is 0 Å². The molecule has 3 heterocycles. The van der Waals surface area contributed by atoms with Gasteiger partial charge in [-0.1, -0.05) is 12.1 Å². The maximum absolute atomic E-state index is 12.8. The molecular weight excluding hydrogens is 340 g/mol. The Morgan fingerprint density at radius 1 is 1.15 bits per heavy atom. The Hall–Kier alpha value is -2.89. The number of carbonyl (C=O) groups is 1. The molecule has 2 aromatic heterocycles. The first-order valence-electron chi connectivity index (χ1n) is 9.37. The van der Waals surface area contributed by atoms with E-state index in [1.54, 1.807) is 18.0 Å². The molecule has 140 valence electrons. The van der Waals surface area contributed by atoms with Gasteiger partial charge in [-0.15, -0.1) is 0 Å². The monoisotopic (exact) mass is 364 g/mol. The number of hydrogen-bond donors (Lipinski definition) is 1. The van der Waals surface area contributed by atoms with Gasteiger partial charge in [0.2, 0.25) is 0 Å². The number of aromatic amines is 1. The Balaban J connectivity index is 1.50. The van der Waals surface area contributed by atoms with Gasteiger partial charge in [-0.25, -0.2) is 4.98 Å². The highest BCUT2D eigenvalue weighted by Gasteiger charge is 2.27. The van der Waals surface area contributed by atoms with Crippen LogP contribution in [0.2, 0.25) is 0 Å². The number of aryl methyl sites for hydroxylation is 2. The number of carbonyl (C=O) groups excluding carboxylic acids is 1. The molecule has 1 amide bonds. The number of hydrogen-bond acceptors (Lipinski definition) is 3. The normalized spacial score (nSPS) is 15.4. The van der Waals surface area contributed by atoms with E-state index in [4.69, 9.17) is 4.98 Å². The summed E-state index contributed by atoms with van der Waals surface area (Å²) in [6.45, 7) is 5.19. The SMILES string of the molecule is Cc1cccc2[nH]c(C3CCN(C(=O)c4ccc(C)n(C)c4=O)CC3)nc12. The van der Waals surface area contributed by atoms with Crippen molar-refractivity contribution in [3.05, 3.63) is 63.3 Å². The number of nitrogens with one attached hydrogen (secondary N) is 1. The standard InChI is InChI=1S/C21H24N4O2/c1-13-5-4-6-17-18(13)23-19(22-17)15-9-11-25(12-10-15)21(27)16-8-7-14(2)24(3)20(16)26/h4-8,15H,9-12H2,1-3H3,(H,22,23). The average Bonchev–Trinajstić information content (AvgIpc) is 3.12. The van der Waals surface area contributed by atoms with Gasteiger partial charge in [0, 0.05) is 31.7 Å². The Kier molecular flexibility index (Phi) is 4.34. The van der Waals surface area contributed by atoms with Crippen LogP contribution < -0.4 is 5.56 Å². The molecule has 1 saturated heterocycles. The van der Waals surface area contributed by atoms with Crippen LogP contribution in [0.5, 0.6) is 0 Å². The molecule has 0 saturated carbocycles. The number of para-hydroxylation sites is 1. The summed E-state index contributed by atoms with van der Waals surface area (Å²) in [5.41, 5.74) is 4.12. The number of benzene rings is 1. The van der Waals surface area contributed by atoms with Crippen molar-refractivity contribution < 1.29 is 4.79 Å². The zero-order valence-electron chi connectivity index (χ0n) is 16.0. The Morgan fingerprint density at radius 3 is 2.59 bits per heavy atom. The van der Waals surface area contributed by atoms with Gasteiger partial charge in [0.15, 0.2) is 0 Å². The van der Waals surface area contributed by atoms with Crippen LogP contribution in [0.3, 0.4) is 0 Å². The van der Waals surface area contributed by atoms with Crippen molar-refractivity contribution in [1.82, 2.24) is 19.4 Å². The predicted octanol–water partition coefficient (Wildman–Crippen LogP) is 2.90. The van der Waals surface area contributed by atoms with Crippen LogP contribution in [0, 0.1) is 13.8 Å². The molecule has 6 nitrogen and oxygen atoms in total. The minimum Gasteiger partial charge on any atom is -0.342 e. The lowest BCUT2D eigenvalue weighted by molar-refractivity contribution is 0.0709. The summed E-state index contributed by atoms with van der Waals surface area (Å²) < 4.78 is 1.52. The van der Waals surface area contributed by atoms with Crippen LogP contribution in [-0.4, -0.2) is 38.4 Å². The first kappa shape index (κ1) is 17.5. The van der Waals surface area contributed by atoms with Crippen molar-refractivity contribution in [3.63, 3.8) is 0 Å². The van der Waals surface area contributed by atoms with Crippen LogP contribution in [0.1, 0.15) is 46.2 Å². The molecule has 1 aromatic carbocycles. The van der Waals surface area contributed by atoms with Gasteiger partial charge >= 0.3 is 0 Å². The van der Waals surface area contributed by atoms with Crippen LogP contribution in [0.25, 0.3) is 11.0 Å². The zero-order chi connectivity index (χ0) is 19.1. The summed E-state index contributed by atoms with van der Waals surface area (Å²) in [4.78, 5) is 35.2. The third kappa shape index (κ3) is 3.05. The van der Waals surface area contributed by atoms with E-state index in [9.17, 15) is 9.59 Å². The van der Waals surface area contributed by atoms with Gasteiger partial charge in [-0.3, -0.25) is 9.59 Å². The predicted molar refractivity (Wildman–Crippen MR) is 105 cm³/mol. The van der Waals surface area contributed by atoms with Crippen LogP contribution in [0.4, 0.5) is 0 Å². The molecule has 0 spiro atoms. The molecule has 1 aliphatic heterocycles. The first-order valence-corrected chi connectivity index (χ1v) is 9.37. The summed E-state index contributed by atoms with van der Waals surface area (Å²) in [7, 11) is 1.70. The quantitative estimate of drug-likeness (QED) is 0.760. The smallest absolute Gasteiger partial charge is 0.263 e. The van der Waals surface area contributed by atoms with Crippen molar-refractivity contribution in [2.24, 2.45) is 7.05 Å². The molecule has 0 unspecified atom stereocenters. The highest BCUT2D eigenvalue weighted by Crippen LogP contribution is 2.29. The number of imidazole rings is 1. The fourth-order valence-corrected chi connectivity index (χ4v) is 3.80. The molecule has 1 N–H and O–H groups in total. The van der Waals surface area contributed by atoms with E-state index in [1.165, 1.54) is 4.57 Å². The van der Waals surface area contributed by atoms with Crippen LogP contribution in [0.15, 0.2) is 35.1 Å². The Labute approximate surface area is 157 Å². The maximum Gasteiger partial charge on any atom is 0.263 e. The molecule has 4 rings (SSSR count). The Bertz CT molecular complexity index is 1070. The number of aromatic nitrogens is 3. The van der Waals surface area contributed by atoms with Gasteiger partial charge < -0.3 is 14.5 Å². The van der Waals surface area contributed by atoms with E-state index in [0.29, 0.717) is 19.0 Å². The highest BCUT2D eigenvalue weighted by atomic mass is 16.2. The molecule has 6 heteroatoms. The molecule has 1 aliphatic rings. The van der Waals surface area contributed by atoms with E-state index in [0.717, 1.165) is 41.0 Å². The van der Waals surface area contributed by atoms with Crippen LogP contribution in [-0.2, 0) is 7.05 Å². The number of piperidine rings is 1. The molecule has 1 fully saturated rings. The van der Waals surface area contributed by atoms with Gasteiger partial charge in [0.05, 0.1) is 11.0 Å². The van der Waals surface area contributed by atoms with E-state index in [-0.39, 0.29) is 17.0 Å². The molecule has 3 aromatic rings. The lowest BCUT2D eigenvalue weighted by Crippen LogP contribution is -2.41. The van der Waals surface area contributed by atoms with E-state index < -0.39 is 0 Å². The molecule has 0 radical (unpaired) electrons. The lowest BCUT2D eigenvalue weighted by Gasteiger charge is -2.31. The zero-order valence-corrected chi connectivity index (χ0v) is 16.0. The van der Waals surface area contributed by atoms with Crippen molar-refractivity contribution in [2.45, 2.75) is 32.6 Å². The number of amides is 1. The third-order valence-electron chi connectivity index (χ3n) is 5.69. The molecule has 0 bridgehead atoms. The molecular formula is C21H24N4O2. The Morgan fingerprint density at radius 2 is 1.89 bits per heavy atom. The first-order chi connectivity index (χ1) is 13.0. The number of rotatable bonds is 2. The number of fused-ring (bicyclic) bond motifs is 1. The summed E-state index contributed by atoms with van der Waals surface area (Å²) in [6.07, 6.45) is 1.69. The number of H-pyrrole nitrogens is 1. The van der Waals surface area contributed by atoms with Gasteiger partial charge in [-0.2, -0.15) is 0 Å². The summed E-state index contributed by atoms with van der Waals surface area (Å²) in [5, 5.41) is 0. The minimum atomic E-state index is -0.227. The number of pyridine rings is 1. The van der Waals surface area contributed by atoms with E-state index >= 15 is 0 Å². The highest BCUT2D eigenvalue weighted by molar-refractivity contribution is 5.94. The lowest BCUT2D eigenvalue weighted by atomic mass is 9.95. The van der Waals surface area contributed by atoms with Crippen LogP contribution >= 0.6 is 0 Å². The molecule has 0 aliphatic carbocycles. The fraction of sp³-hybridized carbons (Fsp3) is 0.381. The maximum atomic E-state index is 12.8. The number of nitrogens with zero attached hydrogens (tertiary/aromatic N) is 3. The fourth-order valence-electron chi connectivity index (χ4n) is 3.80. The topological polar surface area (TPSA) is 71.0 Å². The van der Waals surface area contributed by atoms with Gasteiger partial charge in [0.25, 0.3) is 11.5 Å². The third-order valence-corrected chi connectivity index (χ3v) is 5.69. The van der Waals surface area contributed by atoms with Crippen molar-refractivity contribution in [2.75, 3.05) is 13.1 Å². The molecule has 0 atom stereocenters. The van der Waals surface area contributed by atoms with Gasteiger partial charge in [0.1, 0.15) is 11.4 Å². The second-order valence-electron chi connectivity index (χ2n) is 7.41. The molecule has 27 heavy (non-hydrogen) atoms. The van der Waals surface area contributed by atoms with Crippen molar-refractivity contribution in [3.8, 4) is 0 Å². The van der Waals surface area contributed by atoms with E-state index in [1.807, 2.05) is 25.1 Å². The number of likely N-dealkylation sites (tertiary alicyclic amines) is 1. The minimum absolute atomic E-state index is 0.172. The van der Waals surface area contributed by atoms with E-state index in [2.05, 4.69) is 18.0 Å². The summed E-state index contributed by atoms with van der Waals surface area (Å²) >= 11 is 0.